The van der Waals surface area contributed by atoms with Gasteiger partial charge in [-0.15, -0.1) is 0 Å². The summed E-state index contributed by atoms with van der Waals surface area (Å²) in [5, 5.41) is 1.49. The first kappa shape index (κ1) is 15.7. The van der Waals surface area contributed by atoms with Crippen molar-refractivity contribution in [3.8, 4) is 5.69 Å². The summed E-state index contributed by atoms with van der Waals surface area (Å²) in [6.07, 6.45) is 0. The smallest absolute Gasteiger partial charge is 0.192 e. The van der Waals surface area contributed by atoms with Gasteiger partial charge in [-0.05, 0) is 43.3 Å². The average Bonchev–Trinajstić information content (AvgIpc) is 2.63. The van der Waals surface area contributed by atoms with E-state index in [2.05, 4.69) is 9.55 Å². The van der Waals surface area contributed by atoms with Crippen LogP contribution in [0.3, 0.4) is 0 Å². The number of aromatic nitrogens is 2. The standard InChI is InChI=1S/C21H16N2OS/c1-15-12-13-18-19(24)14-20(25-17-10-6-3-7-11-17)23(21(18)22-15)16-8-4-2-5-9-16/h2-14H,1H3. The van der Waals surface area contributed by atoms with Crippen LogP contribution >= 0.6 is 11.8 Å². The Morgan fingerprint density at radius 3 is 2.28 bits per heavy atom. The molecule has 2 aromatic carbocycles. The van der Waals surface area contributed by atoms with Crippen LogP contribution in [0.15, 0.2) is 93.6 Å². The van der Waals surface area contributed by atoms with Crippen molar-refractivity contribution in [2.45, 2.75) is 16.8 Å². The second kappa shape index (κ2) is 6.57. The SMILES string of the molecule is Cc1ccc2c(=O)cc(Sc3ccccc3)n(-c3ccccc3)c2n1. The quantitative estimate of drug-likeness (QED) is 0.533. The fourth-order valence-electron chi connectivity index (χ4n) is 2.78. The molecule has 0 saturated carbocycles. The summed E-state index contributed by atoms with van der Waals surface area (Å²) in [7, 11) is 0. The predicted octanol–water partition coefficient (Wildman–Crippen LogP) is 4.85. The molecular formula is C21H16N2OS. The van der Waals surface area contributed by atoms with E-state index >= 15 is 0 Å². The highest BCUT2D eigenvalue weighted by Gasteiger charge is 2.13. The topological polar surface area (TPSA) is 34.9 Å². The van der Waals surface area contributed by atoms with Crippen molar-refractivity contribution in [2.75, 3.05) is 0 Å². The zero-order chi connectivity index (χ0) is 17.2. The molecule has 0 aliphatic rings. The Balaban J connectivity index is 2.03. The van der Waals surface area contributed by atoms with E-state index in [1.807, 2.05) is 79.7 Å². The molecule has 0 radical (unpaired) electrons. The van der Waals surface area contributed by atoms with Crippen LogP contribution in [0.4, 0.5) is 0 Å². The molecule has 0 N–H and O–H groups in total. The second-order valence-corrected chi connectivity index (χ2v) is 6.85. The number of benzene rings is 2. The van der Waals surface area contributed by atoms with Crippen LogP contribution < -0.4 is 5.43 Å². The first-order valence-corrected chi connectivity index (χ1v) is 8.86. The minimum Gasteiger partial charge on any atom is -0.289 e. The molecule has 0 spiro atoms. The molecular weight excluding hydrogens is 328 g/mol. The van der Waals surface area contributed by atoms with E-state index in [-0.39, 0.29) is 5.43 Å². The Bertz CT molecular complexity index is 1090. The first-order valence-electron chi connectivity index (χ1n) is 8.04. The fourth-order valence-corrected chi connectivity index (χ4v) is 3.76. The number of fused-ring (bicyclic) bond motifs is 1. The van der Waals surface area contributed by atoms with Gasteiger partial charge in [0.15, 0.2) is 5.43 Å². The number of nitrogens with zero attached hydrogens (tertiary/aromatic N) is 2. The molecule has 2 heterocycles. The minimum absolute atomic E-state index is 0.00638. The number of aryl methyl sites for hydroxylation is 1. The molecule has 4 rings (SSSR count). The average molecular weight is 344 g/mol. The Kier molecular flexibility index (Phi) is 4.12. The molecule has 3 nitrogen and oxygen atoms in total. The van der Waals surface area contributed by atoms with E-state index in [4.69, 9.17) is 0 Å². The summed E-state index contributed by atoms with van der Waals surface area (Å²) in [5.74, 6) is 0. The molecule has 0 unspecified atom stereocenters. The number of rotatable bonds is 3. The van der Waals surface area contributed by atoms with Gasteiger partial charge in [0.2, 0.25) is 0 Å². The zero-order valence-electron chi connectivity index (χ0n) is 13.7. The lowest BCUT2D eigenvalue weighted by Crippen LogP contribution is -2.11. The van der Waals surface area contributed by atoms with E-state index in [1.54, 1.807) is 17.8 Å². The van der Waals surface area contributed by atoms with E-state index in [0.717, 1.165) is 21.3 Å². The highest BCUT2D eigenvalue weighted by molar-refractivity contribution is 7.99. The van der Waals surface area contributed by atoms with E-state index in [9.17, 15) is 4.79 Å². The van der Waals surface area contributed by atoms with E-state index < -0.39 is 0 Å². The van der Waals surface area contributed by atoms with Gasteiger partial charge >= 0.3 is 0 Å². The minimum atomic E-state index is -0.00638. The monoisotopic (exact) mass is 344 g/mol. The third-order valence-electron chi connectivity index (χ3n) is 3.95. The van der Waals surface area contributed by atoms with Crippen LogP contribution in [-0.4, -0.2) is 9.55 Å². The van der Waals surface area contributed by atoms with Crippen LogP contribution in [0.5, 0.6) is 0 Å². The summed E-state index contributed by atoms with van der Waals surface area (Å²) in [5.41, 5.74) is 2.56. The van der Waals surface area contributed by atoms with Crippen LogP contribution in [-0.2, 0) is 0 Å². The Labute approximate surface area is 150 Å². The van der Waals surface area contributed by atoms with E-state index in [1.165, 1.54) is 0 Å². The van der Waals surface area contributed by atoms with Gasteiger partial charge in [0.1, 0.15) is 5.65 Å². The molecule has 0 fully saturated rings. The van der Waals surface area contributed by atoms with Gasteiger partial charge in [0, 0.05) is 22.3 Å². The molecule has 25 heavy (non-hydrogen) atoms. The van der Waals surface area contributed by atoms with Crippen molar-refractivity contribution >= 4 is 22.8 Å². The number of hydrogen-bond acceptors (Lipinski definition) is 3. The third kappa shape index (κ3) is 3.08. The van der Waals surface area contributed by atoms with Crippen LogP contribution in [0.25, 0.3) is 16.7 Å². The highest BCUT2D eigenvalue weighted by Crippen LogP contribution is 2.30. The van der Waals surface area contributed by atoms with Gasteiger partial charge in [-0.3, -0.25) is 9.36 Å². The first-order chi connectivity index (χ1) is 12.2. The summed E-state index contributed by atoms with van der Waals surface area (Å²) in [6, 6.07) is 25.5. The third-order valence-corrected chi connectivity index (χ3v) is 4.96. The molecule has 4 aromatic rings. The molecule has 0 saturated heterocycles. The second-order valence-electron chi connectivity index (χ2n) is 5.76. The van der Waals surface area contributed by atoms with Crippen molar-refractivity contribution < 1.29 is 0 Å². The lowest BCUT2D eigenvalue weighted by Gasteiger charge is -2.16. The molecule has 4 heteroatoms. The Morgan fingerprint density at radius 2 is 1.56 bits per heavy atom. The summed E-state index contributed by atoms with van der Waals surface area (Å²) < 4.78 is 2.06. The summed E-state index contributed by atoms with van der Waals surface area (Å²) >= 11 is 1.57. The Morgan fingerprint density at radius 1 is 0.880 bits per heavy atom. The highest BCUT2D eigenvalue weighted by atomic mass is 32.2. The fraction of sp³-hybridized carbons (Fsp3) is 0.0476. The number of para-hydroxylation sites is 1. The molecule has 0 aliphatic carbocycles. The number of pyridine rings is 2. The molecule has 0 aliphatic heterocycles. The molecule has 2 aromatic heterocycles. The van der Waals surface area contributed by atoms with Gasteiger partial charge < -0.3 is 0 Å². The van der Waals surface area contributed by atoms with Crippen molar-refractivity contribution in [1.82, 2.24) is 9.55 Å². The maximum absolute atomic E-state index is 12.6. The Hall–Kier alpha value is -2.85. The summed E-state index contributed by atoms with van der Waals surface area (Å²) in [6.45, 7) is 1.94. The van der Waals surface area contributed by atoms with Gasteiger partial charge in [-0.25, -0.2) is 4.98 Å². The van der Waals surface area contributed by atoms with Crippen molar-refractivity contribution in [3.63, 3.8) is 0 Å². The van der Waals surface area contributed by atoms with Crippen LogP contribution in [0, 0.1) is 6.92 Å². The maximum Gasteiger partial charge on any atom is 0.192 e. The van der Waals surface area contributed by atoms with Gasteiger partial charge in [-0.1, -0.05) is 48.2 Å². The largest absolute Gasteiger partial charge is 0.289 e. The van der Waals surface area contributed by atoms with Crippen LogP contribution in [0.1, 0.15) is 5.69 Å². The molecule has 0 amide bonds. The molecule has 0 bridgehead atoms. The zero-order valence-corrected chi connectivity index (χ0v) is 14.5. The van der Waals surface area contributed by atoms with Gasteiger partial charge in [-0.2, -0.15) is 0 Å². The summed E-state index contributed by atoms with van der Waals surface area (Å²) in [4.78, 5) is 18.4. The molecule has 0 atom stereocenters. The van der Waals surface area contributed by atoms with Gasteiger partial charge in [0.05, 0.1) is 10.4 Å². The number of hydrogen-bond donors (Lipinski definition) is 0. The lowest BCUT2D eigenvalue weighted by atomic mass is 10.2. The molecule has 122 valence electrons. The normalized spacial score (nSPS) is 10.9. The lowest BCUT2D eigenvalue weighted by molar-refractivity contribution is 0.933. The van der Waals surface area contributed by atoms with E-state index in [0.29, 0.717) is 11.0 Å². The van der Waals surface area contributed by atoms with Crippen molar-refractivity contribution in [2.24, 2.45) is 0 Å². The van der Waals surface area contributed by atoms with Crippen molar-refractivity contribution in [3.05, 3.63) is 94.8 Å². The maximum atomic E-state index is 12.6. The van der Waals surface area contributed by atoms with Crippen LogP contribution in [0.2, 0.25) is 0 Å². The van der Waals surface area contributed by atoms with Gasteiger partial charge in [0.25, 0.3) is 0 Å². The predicted molar refractivity (Wildman–Crippen MR) is 103 cm³/mol. The van der Waals surface area contributed by atoms with Crippen molar-refractivity contribution in [1.29, 1.82) is 0 Å².